The average Bonchev–Trinajstić information content (AvgIpc) is 2.54. The van der Waals surface area contributed by atoms with Crippen LogP contribution in [0.25, 0.3) is 0 Å². The predicted molar refractivity (Wildman–Crippen MR) is 87.7 cm³/mol. The number of carbonyl (C=O) groups excluding carboxylic acids is 1. The third-order valence-electron chi connectivity index (χ3n) is 3.28. The molecule has 0 heterocycles. The average molecular weight is 335 g/mol. The summed E-state index contributed by atoms with van der Waals surface area (Å²) in [6, 6.07) is 13.4. The van der Waals surface area contributed by atoms with Crippen LogP contribution in [-0.4, -0.2) is 19.1 Å². The first-order valence-electron chi connectivity index (χ1n) is 7.52. The van der Waals surface area contributed by atoms with Crippen molar-refractivity contribution in [3.8, 4) is 11.5 Å². The summed E-state index contributed by atoms with van der Waals surface area (Å²) in [6.07, 6.45) is 0. The standard InChI is InChI=1S/C18H19F2NO3/c1-12(2)13-7-3-5-9-15(13)23-11-17(22)21-14-8-4-6-10-16(14)24-18(19)20/h3-10,12,18H,11H2,1-2H3,(H,21,22). The minimum Gasteiger partial charge on any atom is -0.483 e. The molecule has 0 fully saturated rings. The monoisotopic (exact) mass is 335 g/mol. The van der Waals surface area contributed by atoms with Crippen molar-refractivity contribution in [1.82, 2.24) is 0 Å². The Hall–Kier alpha value is -2.63. The van der Waals surface area contributed by atoms with Crippen molar-refractivity contribution >= 4 is 11.6 Å². The number of amides is 1. The van der Waals surface area contributed by atoms with Gasteiger partial charge >= 0.3 is 6.61 Å². The van der Waals surface area contributed by atoms with Crippen LogP contribution in [0, 0.1) is 0 Å². The number of hydrogen-bond donors (Lipinski definition) is 1. The summed E-state index contributed by atoms with van der Waals surface area (Å²) in [7, 11) is 0. The number of carbonyl (C=O) groups is 1. The molecule has 0 unspecified atom stereocenters. The zero-order valence-electron chi connectivity index (χ0n) is 13.5. The van der Waals surface area contributed by atoms with Gasteiger partial charge in [-0.25, -0.2) is 0 Å². The number of anilines is 1. The van der Waals surface area contributed by atoms with E-state index in [1.807, 2.05) is 32.0 Å². The number of nitrogens with one attached hydrogen (secondary N) is 1. The lowest BCUT2D eigenvalue weighted by Gasteiger charge is -2.14. The van der Waals surface area contributed by atoms with Crippen LogP contribution in [-0.2, 0) is 4.79 Å². The van der Waals surface area contributed by atoms with Gasteiger partial charge in [0, 0.05) is 0 Å². The Balaban J connectivity index is 2.00. The maximum atomic E-state index is 12.4. The van der Waals surface area contributed by atoms with E-state index in [1.54, 1.807) is 18.2 Å². The molecule has 4 nitrogen and oxygen atoms in total. The van der Waals surface area contributed by atoms with E-state index < -0.39 is 12.5 Å². The van der Waals surface area contributed by atoms with Gasteiger partial charge in [0.1, 0.15) is 11.5 Å². The summed E-state index contributed by atoms with van der Waals surface area (Å²) in [5.74, 6) is 0.325. The third kappa shape index (κ3) is 4.94. The van der Waals surface area contributed by atoms with Gasteiger partial charge in [-0.05, 0) is 29.7 Å². The minimum absolute atomic E-state index is 0.0940. The van der Waals surface area contributed by atoms with Crippen LogP contribution in [0.1, 0.15) is 25.3 Å². The van der Waals surface area contributed by atoms with Crippen LogP contribution in [0.2, 0.25) is 0 Å². The van der Waals surface area contributed by atoms with Crippen molar-refractivity contribution in [2.45, 2.75) is 26.4 Å². The smallest absolute Gasteiger partial charge is 0.387 e. The maximum Gasteiger partial charge on any atom is 0.387 e. The molecule has 24 heavy (non-hydrogen) atoms. The second-order valence-electron chi connectivity index (χ2n) is 5.40. The zero-order valence-corrected chi connectivity index (χ0v) is 13.5. The first-order valence-corrected chi connectivity index (χ1v) is 7.52. The molecule has 2 aromatic carbocycles. The molecule has 0 bridgehead atoms. The summed E-state index contributed by atoms with van der Waals surface area (Å²) in [5.41, 5.74) is 1.16. The lowest BCUT2D eigenvalue weighted by Crippen LogP contribution is -2.21. The molecule has 2 aromatic rings. The molecule has 0 atom stereocenters. The molecule has 0 aliphatic rings. The van der Waals surface area contributed by atoms with Gasteiger partial charge in [-0.15, -0.1) is 0 Å². The number of benzene rings is 2. The van der Waals surface area contributed by atoms with Gasteiger partial charge in [0.15, 0.2) is 6.61 Å². The number of alkyl halides is 2. The Morgan fingerprint density at radius 2 is 1.67 bits per heavy atom. The number of para-hydroxylation sites is 3. The largest absolute Gasteiger partial charge is 0.483 e. The molecule has 1 N–H and O–H groups in total. The zero-order chi connectivity index (χ0) is 17.5. The molecule has 6 heteroatoms. The third-order valence-corrected chi connectivity index (χ3v) is 3.28. The second kappa shape index (κ2) is 8.29. The SMILES string of the molecule is CC(C)c1ccccc1OCC(=O)Nc1ccccc1OC(F)F. The quantitative estimate of drug-likeness (QED) is 0.814. The molecule has 128 valence electrons. The molecule has 0 aliphatic heterocycles. The molecule has 0 saturated carbocycles. The molecule has 0 aliphatic carbocycles. The Kier molecular flexibility index (Phi) is 6.12. The van der Waals surface area contributed by atoms with E-state index in [2.05, 4.69) is 10.1 Å². The Labute approximate surface area is 139 Å². The van der Waals surface area contributed by atoms with Gasteiger partial charge in [0.25, 0.3) is 5.91 Å². The van der Waals surface area contributed by atoms with Gasteiger partial charge in [-0.3, -0.25) is 4.79 Å². The Morgan fingerprint density at radius 1 is 1.04 bits per heavy atom. The highest BCUT2D eigenvalue weighted by molar-refractivity contribution is 5.93. The van der Waals surface area contributed by atoms with Gasteiger partial charge in [0.05, 0.1) is 5.69 Å². The van der Waals surface area contributed by atoms with E-state index >= 15 is 0 Å². The van der Waals surface area contributed by atoms with Gasteiger partial charge < -0.3 is 14.8 Å². The number of rotatable bonds is 7. The van der Waals surface area contributed by atoms with Crippen molar-refractivity contribution in [2.24, 2.45) is 0 Å². The lowest BCUT2D eigenvalue weighted by molar-refractivity contribution is -0.118. The predicted octanol–water partition coefficient (Wildman–Crippen LogP) is 4.43. The van der Waals surface area contributed by atoms with Gasteiger partial charge in [0.2, 0.25) is 0 Å². The van der Waals surface area contributed by atoms with Crippen LogP contribution in [0.15, 0.2) is 48.5 Å². The van der Waals surface area contributed by atoms with E-state index in [9.17, 15) is 13.6 Å². The van der Waals surface area contributed by atoms with Crippen molar-refractivity contribution in [3.63, 3.8) is 0 Å². The Bertz CT molecular complexity index is 689. The number of halogens is 2. The molecular formula is C18H19F2NO3. The molecule has 0 aromatic heterocycles. The highest BCUT2D eigenvalue weighted by Gasteiger charge is 2.13. The number of ether oxygens (including phenoxy) is 2. The fourth-order valence-electron chi connectivity index (χ4n) is 2.19. The molecule has 0 radical (unpaired) electrons. The summed E-state index contributed by atoms with van der Waals surface area (Å²) >= 11 is 0. The molecule has 0 saturated heterocycles. The normalized spacial score (nSPS) is 10.8. The lowest BCUT2D eigenvalue weighted by atomic mass is 10.0. The second-order valence-corrected chi connectivity index (χ2v) is 5.40. The van der Waals surface area contributed by atoms with Crippen LogP contribution < -0.4 is 14.8 Å². The molecule has 2 rings (SSSR count). The van der Waals surface area contributed by atoms with Gasteiger partial charge in [-0.1, -0.05) is 44.2 Å². The fourth-order valence-corrected chi connectivity index (χ4v) is 2.19. The van der Waals surface area contributed by atoms with E-state index in [0.29, 0.717) is 5.75 Å². The van der Waals surface area contributed by atoms with Crippen LogP contribution in [0.4, 0.5) is 14.5 Å². The van der Waals surface area contributed by atoms with E-state index in [1.165, 1.54) is 12.1 Å². The molecule has 1 amide bonds. The van der Waals surface area contributed by atoms with Crippen LogP contribution >= 0.6 is 0 Å². The van der Waals surface area contributed by atoms with Crippen molar-refractivity contribution in [1.29, 1.82) is 0 Å². The highest BCUT2D eigenvalue weighted by Crippen LogP contribution is 2.27. The van der Waals surface area contributed by atoms with E-state index in [0.717, 1.165) is 5.56 Å². The van der Waals surface area contributed by atoms with Crippen molar-refractivity contribution in [2.75, 3.05) is 11.9 Å². The summed E-state index contributed by atoms with van der Waals surface area (Å²) in [5, 5.41) is 2.51. The summed E-state index contributed by atoms with van der Waals surface area (Å²) in [4.78, 5) is 12.0. The van der Waals surface area contributed by atoms with E-state index in [-0.39, 0.29) is 24.0 Å². The first kappa shape index (κ1) is 17.7. The fraction of sp³-hybridized carbons (Fsp3) is 0.278. The van der Waals surface area contributed by atoms with Crippen molar-refractivity contribution < 1.29 is 23.0 Å². The Morgan fingerprint density at radius 3 is 2.33 bits per heavy atom. The molecule has 0 spiro atoms. The summed E-state index contributed by atoms with van der Waals surface area (Å²) < 4.78 is 34.7. The van der Waals surface area contributed by atoms with Crippen LogP contribution in [0.3, 0.4) is 0 Å². The van der Waals surface area contributed by atoms with Crippen molar-refractivity contribution in [3.05, 3.63) is 54.1 Å². The molecular weight excluding hydrogens is 316 g/mol. The first-order chi connectivity index (χ1) is 11.5. The maximum absolute atomic E-state index is 12.4. The summed E-state index contributed by atoms with van der Waals surface area (Å²) in [6.45, 7) is 0.866. The van der Waals surface area contributed by atoms with E-state index in [4.69, 9.17) is 4.74 Å². The minimum atomic E-state index is -2.96. The van der Waals surface area contributed by atoms with Gasteiger partial charge in [-0.2, -0.15) is 8.78 Å². The van der Waals surface area contributed by atoms with Crippen LogP contribution in [0.5, 0.6) is 11.5 Å². The highest BCUT2D eigenvalue weighted by atomic mass is 19.3. The number of hydrogen-bond acceptors (Lipinski definition) is 3. The topological polar surface area (TPSA) is 47.6 Å².